The van der Waals surface area contributed by atoms with Crippen molar-refractivity contribution in [3.05, 3.63) is 28.8 Å². The fourth-order valence-electron chi connectivity index (χ4n) is 1.78. The van der Waals surface area contributed by atoms with Crippen molar-refractivity contribution >= 4 is 5.91 Å². The van der Waals surface area contributed by atoms with Gasteiger partial charge < -0.3 is 5.32 Å². The molecule has 0 saturated heterocycles. The number of hydrogen-bond acceptors (Lipinski definition) is 4. The Morgan fingerprint density at radius 1 is 1.39 bits per heavy atom. The first-order valence-corrected chi connectivity index (χ1v) is 5.62. The summed E-state index contributed by atoms with van der Waals surface area (Å²) < 4.78 is 3.30. The summed E-state index contributed by atoms with van der Waals surface area (Å²) in [5.74, 6) is -0.231. The number of nitrogens with one attached hydrogen (secondary N) is 1. The first kappa shape index (κ1) is 12.3. The highest BCUT2D eigenvalue weighted by Gasteiger charge is 2.13. The molecule has 0 fully saturated rings. The van der Waals surface area contributed by atoms with Crippen LogP contribution in [0.3, 0.4) is 0 Å². The molecule has 2 aromatic heterocycles. The minimum atomic E-state index is -0.231. The van der Waals surface area contributed by atoms with E-state index in [0.29, 0.717) is 12.2 Å². The molecule has 96 valence electrons. The highest BCUT2D eigenvalue weighted by molar-refractivity contribution is 5.91. The minimum absolute atomic E-state index is 0.231. The lowest BCUT2D eigenvalue weighted by Crippen LogP contribution is -2.23. The highest BCUT2D eigenvalue weighted by Crippen LogP contribution is 2.11. The first-order chi connectivity index (χ1) is 8.49. The number of hydrogen-bond donors (Lipinski definition) is 1. The molecular formula is C11H16N6O. The van der Waals surface area contributed by atoms with E-state index in [4.69, 9.17) is 0 Å². The second-order valence-electron chi connectivity index (χ2n) is 4.23. The Kier molecular flexibility index (Phi) is 3.14. The van der Waals surface area contributed by atoms with Gasteiger partial charge in [-0.1, -0.05) is 5.21 Å². The maximum Gasteiger partial charge on any atom is 0.273 e. The molecule has 2 aromatic rings. The third-order valence-corrected chi connectivity index (χ3v) is 2.92. The van der Waals surface area contributed by atoms with Crippen molar-refractivity contribution in [2.75, 3.05) is 0 Å². The molecule has 0 bridgehead atoms. The lowest BCUT2D eigenvalue weighted by Gasteiger charge is -2.03. The average Bonchev–Trinajstić information content (AvgIpc) is 2.83. The molecule has 0 saturated carbocycles. The monoisotopic (exact) mass is 248 g/mol. The molecule has 0 unspecified atom stereocenters. The van der Waals surface area contributed by atoms with Crippen LogP contribution in [-0.2, 0) is 20.6 Å². The van der Waals surface area contributed by atoms with Gasteiger partial charge in [0.05, 0.1) is 11.9 Å². The smallest absolute Gasteiger partial charge is 0.273 e. The van der Waals surface area contributed by atoms with Crippen molar-refractivity contribution in [1.29, 1.82) is 0 Å². The van der Waals surface area contributed by atoms with E-state index in [2.05, 4.69) is 20.7 Å². The molecule has 1 N–H and O–H groups in total. The summed E-state index contributed by atoms with van der Waals surface area (Å²) in [6.45, 7) is 4.35. The SMILES string of the molecule is Cc1nn(C)c(C)c1CNC(=O)c1cn(C)nn1. The molecule has 2 rings (SSSR count). The second-order valence-corrected chi connectivity index (χ2v) is 4.23. The Balaban J connectivity index is 2.06. The molecule has 1 amide bonds. The lowest BCUT2D eigenvalue weighted by atomic mass is 10.2. The van der Waals surface area contributed by atoms with Crippen LogP contribution in [0.4, 0.5) is 0 Å². The highest BCUT2D eigenvalue weighted by atomic mass is 16.2. The van der Waals surface area contributed by atoms with Gasteiger partial charge in [0, 0.05) is 31.9 Å². The van der Waals surface area contributed by atoms with Gasteiger partial charge in [0.1, 0.15) is 0 Å². The largest absolute Gasteiger partial charge is 0.346 e. The Bertz CT molecular complexity index is 582. The van der Waals surface area contributed by atoms with Crippen LogP contribution in [0.5, 0.6) is 0 Å². The summed E-state index contributed by atoms with van der Waals surface area (Å²) in [5.41, 5.74) is 3.33. The standard InChI is InChI=1S/C11H16N6O/c1-7-9(8(2)17(4)14-7)5-12-11(18)10-6-16(3)15-13-10/h6H,5H2,1-4H3,(H,12,18). The quantitative estimate of drug-likeness (QED) is 0.835. The summed E-state index contributed by atoms with van der Waals surface area (Å²) in [6.07, 6.45) is 1.58. The second kappa shape index (κ2) is 4.59. The molecule has 7 heteroatoms. The van der Waals surface area contributed by atoms with E-state index < -0.39 is 0 Å². The number of rotatable bonds is 3. The number of amides is 1. The fourth-order valence-corrected chi connectivity index (χ4v) is 1.78. The summed E-state index contributed by atoms with van der Waals surface area (Å²) in [6, 6.07) is 0. The van der Waals surface area contributed by atoms with E-state index in [1.54, 1.807) is 17.9 Å². The van der Waals surface area contributed by atoms with Crippen LogP contribution in [-0.4, -0.2) is 30.7 Å². The van der Waals surface area contributed by atoms with E-state index in [1.807, 2.05) is 20.9 Å². The van der Waals surface area contributed by atoms with Gasteiger partial charge in [-0.05, 0) is 13.8 Å². The topological polar surface area (TPSA) is 77.6 Å². The lowest BCUT2D eigenvalue weighted by molar-refractivity contribution is 0.0945. The van der Waals surface area contributed by atoms with Gasteiger partial charge in [0.2, 0.25) is 0 Å². The van der Waals surface area contributed by atoms with Crippen molar-refractivity contribution < 1.29 is 4.79 Å². The number of carbonyl (C=O) groups is 1. The zero-order valence-electron chi connectivity index (χ0n) is 10.9. The molecule has 0 aliphatic carbocycles. The molecule has 18 heavy (non-hydrogen) atoms. The van der Waals surface area contributed by atoms with Crippen LogP contribution in [0, 0.1) is 13.8 Å². The molecule has 0 spiro atoms. The van der Waals surface area contributed by atoms with Crippen LogP contribution >= 0.6 is 0 Å². The Hall–Kier alpha value is -2.18. The van der Waals surface area contributed by atoms with Crippen molar-refractivity contribution in [1.82, 2.24) is 30.1 Å². The van der Waals surface area contributed by atoms with Crippen LogP contribution in [0.15, 0.2) is 6.20 Å². The molecule has 7 nitrogen and oxygen atoms in total. The molecule has 0 aliphatic heterocycles. The zero-order valence-corrected chi connectivity index (χ0v) is 10.9. The predicted molar refractivity (Wildman–Crippen MR) is 64.9 cm³/mol. The average molecular weight is 248 g/mol. The summed E-state index contributed by atoms with van der Waals surface area (Å²) >= 11 is 0. The molecule has 0 radical (unpaired) electrons. The minimum Gasteiger partial charge on any atom is -0.346 e. The van der Waals surface area contributed by atoms with Crippen molar-refractivity contribution in [3.8, 4) is 0 Å². The van der Waals surface area contributed by atoms with Gasteiger partial charge in [-0.25, -0.2) is 0 Å². The normalized spacial score (nSPS) is 10.7. The Morgan fingerprint density at radius 3 is 2.61 bits per heavy atom. The Morgan fingerprint density at radius 2 is 2.11 bits per heavy atom. The molecule has 0 aliphatic rings. The van der Waals surface area contributed by atoms with Gasteiger partial charge in [0.25, 0.3) is 5.91 Å². The van der Waals surface area contributed by atoms with Crippen LogP contribution in [0.25, 0.3) is 0 Å². The third kappa shape index (κ3) is 2.24. The first-order valence-electron chi connectivity index (χ1n) is 5.62. The van der Waals surface area contributed by atoms with Gasteiger partial charge in [-0.15, -0.1) is 5.10 Å². The Labute approximate surface area is 105 Å². The summed E-state index contributed by atoms with van der Waals surface area (Å²) in [5, 5.41) is 14.6. The van der Waals surface area contributed by atoms with Gasteiger partial charge in [-0.2, -0.15) is 5.10 Å². The zero-order chi connectivity index (χ0) is 13.3. The molecular weight excluding hydrogens is 232 g/mol. The van der Waals surface area contributed by atoms with Crippen molar-refractivity contribution in [2.24, 2.45) is 14.1 Å². The van der Waals surface area contributed by atoms with Crippen LogP contribution in [0.1, 0.15) is 27.4 Å². The van der Waals surface area contributed by atoms with E-state index in [9.17, 15) is 4.79 Å². The van der Waals surface area contributed by atoms with E-state index >= 15 is 0 Å². The van der Waals surface area contributed by atoms with E-state index in [-0.39, 0.29) is 5.91 Å². The van der Waals surface area contributed by atoms with Crippen molar-refractivity contribution in [3.63, 3.8) is 0 Å². The molecule has 2 heterocycles. The summed E-state index contributed by atoms with van der Waals surface area (Å²) in [7, 11) is 3.61. The van der Waals surface area contributed by atoms with Gasteiger partial charge in [-0.3, -0.25) is 14.2 Å². The maximum atomic E-state index is 11.8. The molecule has 0 aromatic carbocycles. The van der Waals surface area contributed by atoms with Crippen LogP contribution < -0.4 is 5.32 Å². The van der Waals surface area contributed by atoms with Crippen molar-refractivity contribution in [2.45, 2.75) is 20.4 Å². The summed E-state index contributed by atoms with van der Waals surface area (Å²) in [4.78, 5) is 11.8. The number of carbonyl (C=O) groups excluding carboxylic acids is 1. The van der Waals surface area contributed by atoms with Gasteiger partial charge in [0.15, 0.2) is 5.69 Å². The van der Waals surface area contributed by atoms with E-state index in [0.717, 1.165) is 17.0 Å². The number of nitrogens with zero attached hydrogens (tertiary/aromatic N) is 5. The number of aryl methyl sites for hydroxylation is 3. The fraction of sp³-hybridized carbons (Fsp3) is 0.455. The van der Waals surface area contributed by atoms with Crippen LogP contribution in [0.2, 0.25) is 0 Å². The molecule has 0 atom stereocenters. The maximum absolute atomic E-state index is 11.8. The number of aromatic nitrogens is 5. The third-order valence-electron chi connectivity index (χ3n) is 2.92. The van der Waals surface area contributed by atoms with Gasteiger partial charge >= 0.3 is 0 Å². The van der Waals surface area contributed by atoms with E-state index in [1.165, 1.54) is 4.68 Å². The predicted octanol–water partition coefficient (Wildman–Crippen LogP) is 0.0954.